The summed E-state index contributed by atoms with van der Waals surface area (Å²) >= 11 is 1.88. The van der Waals surface area contributed by atoms with E-state index >= 15 is 0 Å². The van der Waals surface area contributed by atoms with Crippen LogP contribution in [0.15, 0.2) is 279 Å². The van der Waals surface area contributed by atoms with Gasteiger partial charge in [0.1, 0.15) is 0 Å². The van der Waals surface area contributed by atoms with Crippen LogP contribution in [0.2, 0.25) is 0 Å². The van der Waals surface area contributed by atoms with Gasteiger partial charge in [0, 0.05) is 48.0 Å². The quantitative estimate of drug-likeness (QED) is 0.140. The monoisotopic (exact) mass is 946 g/mol. The van der Waals surface area contributed by atoms with Crippen molar-refractivity contribution in [1.29, 1.82) is 0 Å². The number of rotatable bonds is 9. The predicted octanol–water partition coefficient (Wildman–Crippen LogP) is 20.1. The Balaban J connectivity index is 0.889. The largest absolute Gasteiger partial charge is 0.310 e. The van der Waals surface area contributed by atoms with E-state index in [9.17, 15) is 0 Å². The lowest BCUT2D eigenvalue weighted by Gasteiger charge is -2.27. The molecule has 0 aliphatic rings. The molecule has 3 heteroatoms. The van der Waals surface area contributed by atoms with Crippen molar-refractivity contribution in [3.05, 3.63) is 279 Å². The zero-order valence-electron chi connectivity index (χ0n) is 39.9. The van der Waals surface area contributed by atoms with Crippen LogP contribution in [0.3, 0.4) is 0 Å². The summed E-state index contributed by atoms with van der Waals surface area (Å²) in [6, 6.07) is 102. The predicted molar refractivity (Wildman–Crippen MR) is 313 cm³/mol. The Morgan fingerprint density at radius 3 is 1.59 bits per heavy atom. The lowest BCUT2D eigenvalue weighted by Crippen LogP contribution is -2.10. The van der Waals surface area contributed by atoms with Gasteiger partial charge >= 0.3 is 0 Å². The van der Waals surface area contributed by atoms with Crippen LogP contribution in [-0.4, -0.2) is 4.57 Å². The first kappa shape index (κ1) is 42.6. The molecule has 0 bridgehead atoms. The molecule has 2 aromatic heterocycles. The van der Waals surface area contributed by atoms with Gasteiger partial charge in [0.2, 0.25) is 0 Å². The topological polar surface area (TPSA) is 8.17 Å². The van der Waals surface area contributed by atoms with E-state index in [0.29, 0.717) is 0 Å². The molecular weight excluding hydrogens is 901 g/mol. The SMILES string of the molecule is c1ccc(-c2ccc(N(c3ccc(-c4ccc(-c5ccc6ccccc6c5)cc4)cc3)c3ccc(-c4ccccc4-c4cccc5c4c4ccccc4n5-c4ccccc4)cc3)c3c2sc2ccccc23)cc1. The van der Waals surface area contributed by atoms with Crippen molar-refractivity contribution in [2.45, 2.75) is 0 Å². The van der Waals surface area contributed by atoms with Crippen LogP contribution in [0, 0.1) is 0 Å². The number of hydrogen-bond donors (Lipinski definition) is 0. The number of aromatic nitrogens is 1. The van der Waals surface area contributed by atoms with Gasteiger partial charge in [-0.05, 0) is 133 Å². The van der Waals surface area contributed by atoms with Gasteiger partial charge in [-0.15, -0.1) is 11.3 Å². The Kier molecular flexibility index (Phi) is 10.4. The van der Waals surface area contributed by atoms with Crippen LogP contribution in [-0.2, 0) is 0 Å². The maximum absolute atomic E-state index is 2.46. The maximum atomic E-state index is 2.46. The highest BCUT2D eigenvalue weighted by atomic mass is 32.1. The molecule has 0 saturated heterocycles. The van der Waals surface area contributed by atoms with E-state index in [0.717, 1.165) is 28.3 Å². The Morgan fingerprint density at radius 1 is 0.301 bits per heavy atom. The fourth-order valence-electron chi connectivity index (χ4n) is 11.2. The van der Waals surface area contributed by atoms with Gasteiger partial charge in [0.25, 0.3) is 0 Å². The third-order valence-corrected chi connectivity index (χ3v) is 15.8. The molecule has 0 atom stereocenters. The maximum Gasteiger partial charge on any atom is 0.0555 e. The summed E-state index contributed by atoms with van der Waals surface area (Å²) < 4.78 is 4.96. The third kappa shape index (κ3) is 7.40. The van der Waals surface area contributed by atoms with Crippen molar-refractivity contribution in [2.24, 2.45) is 0 Å². The molecule has 0 aliphatic heterocycles. The molecule has 14 rings (SSSR count). The average Bonchev–Trinajstić information content (AvgIpc) is 4.03. The van der Waals surface area contributed by atoms with Gasteiger partial charge in [-0.25, -0.2) is 0 Å². The number of anilines is 3. The summed E-state index contributed by atoms with van der Waals surface area (Å²) in [5.74, 6) is 0. The highest BCUT2D eigenvalue weighted by molar-refractivity contribution is 7.26. The molecule has 0 aliphatic carbocycles. The molecule has 0 amide bonds. The second-order valence-corrected chi connectivity index (χ2v) is 19.9. The summed E-state index contributed by atoms with van der Waals surface area (Å²) in [5, 5.41) is 7.53. The van der Waals surface area contributed by atoms with Crippen molar-refractivity contribution in [3.8, 4) is 61.3 Å². The van der Waals surface area contributed by atoms with Crippen LogP contribution in [0.5, 0.6) is 0 Å². The molecule has 0 spiro atoms. The van der Waals surface area contributed by atoms with Crippen LogP contribution < -0.4 is 4.90 Å². The molecule has 14 aromatic rings. The first-order valence-corrected chi connectivity index (χ1v) is 25.8. The lowest BCUT2D eigenvalue weighted by atomic mass is 9.92. The summed E-state index contributed by atoms with van der Waals surface area (Å²) in [6.45, 7) is 0. The second-order valence-electron chi connectivity index (χ2n) is 18.8. The molecule has 0 saturated carbocycles. The summed E-state index contributed by atoms with van der Waals surface area (Å²) in [4.78, 5) is 2.46. The van der Waals surface area contributed by atoms with Gasteiger partial charge in [-0.3, -0.25) is 0 Å². The fraction of sp³-hybridized carbons (Fsp3) is 0. The minimum Gasteiger partial charge on any atom is -0.310 e. The number of benzene rings is 12. The van der Waals surface area contributed by atoms with Crippen LogP contribution in [0.1, 0.15) is 0 Å². The highest BCUT2D eigenvalue weighted by Crippen LogP contribution is 2.49. The molecule has 2 heterocycles. The van der Waals surface area contributed by atoms with E-state index in [1.807, 2.05) is 11.3 Å². The molecule has 0 radical (unpaired) electrons. The number of thiophene rings is 1. The minimum atomic E-state index is 1.09. The standard InChI is InChI=1S/C70H46N2S/c1-3-17-51(18-4-1)59-44-45-66(69-63-25-12-14-29-67(63)73-70(59)69)71(56-40-36-49(37-41-56)48-30-32-50(33-31-48)54-35-34-47-16-7-8-19-53(47)46-54)57-42-38-52(39-43-57)58-22-9-10-23-60(58)61-26-15-28-65-68(61)62-24-11-13-27-64(62)72(65)55-20-5-2-6-21-55/h1-46H. The number of nitrogens with zero attached hydrogens (tertiary/aromatic N) is 2. The zero-order valence-corrected chi connectivity index (χ0v) is 40.7. The van der Waals surface area contributed by atoms with E-state index in [1.165, 1.54) is 103 Å². The number of hydrogen-bond acceptors (Lipinski definition) is 2. The summed E-state index contributed by atoms with van der Waals surface area (Å²) in [6.07, 6.45) is 0. The molecule has 0 N–H and O–H groups in total. The van der Waals surface area contributed by atoms with Crippen molar-refractivity contribution in [2.75, 3.05) is 4.90 Å². The Hall–Kier alpha value is -9.28. The van der Waals surface area contributed by atoms with Gasteiger partial charge in [0.15, 0.2) is 0 Å². The molecule has 0 fully saturated rings. The van der Waals surface area contributed by atoms with Gasteiger partial charge in [-0.2, -0.15) is 0 Å². The molecule has 73 heavy (non-hydrogen) atoms. The zero-order chi connectivity index (χ0) is 48.2. The number of fused-ring (bicyclic) bond motifs is 7. The fourth-order valence-corrected chi connectivity index (χ4v) is 12.4. The molecule has 342 valence electrons. The van der Waals surface area contributed by atoms with Gasteiger partial charge < -0.3 is 9.47 Å². The van der Waals surface area contributed by atoms with Crippen molar-refractivity contribution in [1.82, 2.24) is 4.57 Å². The number of para-hydroxylation sites is 2. The Labute approximate surface area is 428 Å². The Morgan fingerprint density at radius 2 is 0.836 bits per heavy atom. The Bertz CT molecular complexity index is 4340. The van der Waals surface area contributed by atoms with Crippen LogP contribution in [0.25, 0.3) is 114 Å². The van der Waals surface area contributed by atoms with Crippen LogP contribution in [0.4, 0.5) is 17.1 Å². The molecule has 12 aromatic carbocycles. The first-order chi connectivity index (χ1) is 36.2. The van der Waals surface area contributed by atoms with E-state index in [1.54, 1.807) is 0 Å². The molecular formula is C70H46N2S. The minimum absolute atomic E-state index is 1.09. The van der Waals surface area contributed by atoms with Crippen LogP contribution >= 0.6 is 11.3 Å². The lowest BCUT2D eigenvalue weighted by molar-refractivity contribution is 1.18. The van der Waals surface area contributed by atoms with E-state index in [4.69, 9.17) is 0 Å². The van der Waals surface area contributed by atoms with Crippen molar-refractivity contribution in [3.63, 3.8) is 0 Å². The van der Waals surface area contributed by atoms with Crippen molar-refractivity contribution < 1.29 is 0 Å². The third-order valence-electron chi connectivity index (χ3n) is 14.6. The summed E-state index contributed by atoms with van der Waals surface area (Å²) in [5.41, 5.74) is 18.9. The second kappa shape index (κ2) is 17.8. The average molecular weight is 947 g/mol. The smallest absolute Gasteiger partial charge is 0.0555 e. The first-order valence-electron chi connectivity index (χ1n) is 25.0. The van der Waals surface area contributed by atoms with Crippen molar-refractivity contribution >= 4 is 81.1 Å². The van der Waals surface area contributed by atoms with E-state index < -0.39 is 0 Å². The molecule has 0 unspecified atom stereocenters. The normalized spacial score (nSPS) is 11.6. The molecule has 2 nitrogen and oxygen atoms in total. The summed E-state index contributed by atoms with van der Waals surface area (Å²) in [7, 11) is 0. The van der Waals surface area contributed by atoms with Gasteiger partial charge in [0.05, 0.1) is 16.7 Å². The van der Waals surface area contributed by atoms with E-state index in [2.05, 4.69) is 289 Å². The highest BCUT2D eigenvalue weighted by Gasteiger charge is 2.23. The van der Waals surface area contributed by atoms with Gasteiger partial charge in [-0.1, -0.05) is 212 Å². The van der Waals surface area contributed by atoms with E-state index in [-0.39, 0.29) is 0 Å².